The fourth-order valence-electron chi connectivity index (χ4n) is 2.34. The van der Waals surface area contributed by atoms with E-state index in [-0.39, 0.29) is 17.2 Å². The zero-order valence-electron chi connectivity index (χ0n) is 14.4. The maximum Gasteiger partial charge on any atom is 0.274 e. The number of hydrogen-bond acceptors (Lipinski definition) is 4. The molecule has 0 aliphatic carbocycles. The number of ether oxygens (including phenoxy) is 1. The van der Waals surface area contributed by atoms with Gasteiger partial charge in [0.25, 0.3) is 11.5 Å². The van der Waals surface area contributed by atoms with Gasteiger partial charge in [-0.3, -0.25) is 9.59 Å². The maximum absolute atomic E-state index is 12.6. The molecule has 0 fully saturated rings. The number of aryl methyl sites for hydroxylation is 2. The van der Waals surface area contributed by atoms with Crippen LogP contribution in [-0.4, -0.2) is 40.3 Å². The minimum Gasteiger partial charge on any atom is -0.491 e. The Bertz CT molecular complexity index is 755. The fraction of sp³-hybridized carbons (Fsp3) is 0.389. The number of amides is 1. The minimum absolute atomic E-state index is 0.201. The molecule has 1 amide bonds. The summed E-state index contributed by atoms with van der Waals surface area (Å²) in [5, 5.41) is 4.11. The van der Waals surface area contributed by atoms with E-state index in [9.17, 15) is 9.59 Å². The number of rotatable bonds is 7. The van der Waals surface area contributed by atoms with Gasteiger partial charge >= 0.3 is 0 Å². The Balaban J connectivity index is 2.01. The molecule has 0 bridgehead atoms. The predicted octanol–water partition coefficient (Wildman–Crippen LogP) is 2.11. The molecule has 6 heteroatoms. The van der Waals surface area contributed by atoms with Crippen LogP contribution in [0.25, 0.3) is 0 Å². The zero-order valence-corrected chi connectivity index (χ0v) is 14.4. The topological polar surface area (TPSA) is 64.4 Å². The molecule has 0 radical (unpaired) electrons. The van der Waals surface area contributed by atoms with Gasteiger partial charge in [0.2, 0.25) is 0 Å². The molecule has 1 aromatic heterocycles. The quantitative estimate of drug-likeness (QED) is 0.780. The third-order valence-electron chi connectivity index (χ3n) is 3.77. The number of carbonyl (C=O) groups excluding carboxylic acids is 1. The normalized spacial score (nSPS) is 10.5. The van der Waals surface area contributed by atoms with Crippen LogP contribution in [0.2, 0.25) is 0 Å². The molecule has 0 spiro atoms. The molecule has 0 saturated carbocycles. The number of likely N-dealkylation sites (N-methyl/N-ethyl adjacent to an activating group) is 1. The highest BCUT2D eigenvalue weighted by atomic mass is 16.5. The second-order valence-electron chi connectivity index (χ2n) is 5.37. The van der Waals surface area contributed by atoms with Gasteiger partial charge in [-0.1, -0.05) is 18.2 Å². The number of benzene rings is 1. The van der Waals surface area contributed by atoms with Gasteiger partial charge in [0.1, 0.15) is 18.1 Å². The second-order valence-corrected chi connectivity index (χ2v) is 5.37. The molecule has 2 rings (SSSR count). The van der Waals surface area contributed by atoms with E-state index in [1.54, 1.807) is 4.90 Å². The molecule has 24 heavy (non-hydrogen) atoms. The Kier molecular flexibility index (Phi) is 6.12. The van der Waals surface area contributed by atoms with Gasteiger partial charge in [0.05, 0.1) is 6.54 Å². The number of carbonyl (C=O) groups is 1. The van der Waals surface area contributed by atoms with Gasteiger partial charge in [-0.25, -0.2) is 4.68 Å². The van der Waals surface area contributed by atoms with Crippen LogP contribution in [0, 0.1) is 6.92 Å². The average Bonchev–Trinajstić information content (AvgIpc) is 2.60. The molecule has 1 heterocycles. The van der Waals surface area contributed by atoms with Gasteiger partial charge < -0.3 is 9.64 Å². The highest BCUT2D eigenvalue weighted by molar-refractivity contribution is 5.92. The third kappa shape index (κ3) is 4.22. The SMILES string of the molecule is CCN(CCOc1ccccc1C)C(=O)c1ccc(=O)n(CC)n1. The van der Waals surface area contributed by atoms with Crippen molar-refractivity contribution < 1.29 is 9.53 Å². The van der Waals surface area contributed by atoms with Gasteiger partial charge in [-0.05, 0) is 38.5 Å². The van der Waals surface area contributed by atoms with E-state index < -0.39 is 0 Å². The van der Waals surface area contributed by atoms with Gasteiger partial charge in [-0.2, -0.15) is 5.10 Å². The van der Waals surface area contributed by atoms with Crippen LogP contribution in [0.1, 0.15) is 29.9 Å². The highest BCUT2D eigenvalue weighted by Crippen LogP contribution is 2.16. The van der Waals surface area contributed by atoms with Crippen molar-refractivity contribution in [2.45, 2.75) is 27.3 Å². The summed E-state index contributed by atoms with van der Waals surface area (Å²) in [4.78, 5) is 25.8. The molecule has 0 saturated heterocycles. The summed E-state index contributed by atoms with van der Waals surface area (Å²) >= 11 is 0. The van der Waals surface area contributed by atoms with Crippen LogP contribution in [-0.2, 0) is 6.54 Å². The maximum atomic E-state index is 12.6. The molecule has 2 aromatic rings. The summed E-state index contributed by atoms with van der Waals surface area (Å²) in [5.74, 6) is 0.617. The lowest BCUT2D eigenvalue weighted by Gasteiger charge is -2.21. The lowest BCUT2D eigenvalue weighted by Crippen LogP contribution is -2.36. The van der Waals surface area contributed by atoms with Gasteiger partial charge in [-0.15, -0.1) is 0 Å². The summed E-state index contributed by atoms with van der Waals surface area (Å²) in [6.45, 7) is 7.54. The fourth-order valence-corrected chi connectivity index (χ4v) is 2.34. The van der Waals surface area contributed by atoms with Crippen molar-refractivity contribution >= 4 is 5.91 Å². The first-order chi connectivity index (χ1) is 11.6. The lowest BCUT2D eigenvalue weighted by molar-refractivity contribution is 0.0731. The number of aromatic nitrogens is 2. The third-order valence-corrected chi connectivity index (χ3v) is 3.77. The monoisotopic (exact) mass is 329 g/mol. The van der Waals surface area contributed by atoms with Crippen LogP contribution < -0.4 is 10.3 Å². The van der Waals surface area contributed by atoms with Gasteiger partial charge in [0, 0.05) is 19.2 Å². The lowest BCUT2D eigenvalue weighted by atomic mass is 10.2. The number of para-hydroxylation sites is 1. The number of hydrogen-bond donors (Lipinski definition) is 0. The molecule has 0 atom stereocenters. The van der Waals surface area contributed by atoms with E-state index in [1.165, 1.54) is 16.8 Å². The smallest absolute Gasteiger partial charge is 0.274 e. The van der Waals surface area contributed by atoms with Crippen molar-refractivity contribution in [3.05, 3.63) is 58.0 Å². The van der Waals surface area contributed by atoms with Crippen molar-refractivity contribution in [1.29, 1.82) is 0 Å². The van der Waals surface area contributed by atoms with E-state index in [2.05, 4.69) is 5.10 Å². The van der Waals surface area contributed by atoms with Crippen LogP contribution in [0.5, 0.6) is 5.75 Å². The molecular formula is C18H23N3O3. The summed E-state index contributed by atoms with van der Waals surface area (Å²) < 4.78 is 7.03. The summed E-state index contributed by atoms with van der Waals surface area (Å²) in [7, 11) is 0. The average molecular weight is 329 g/mol. The molecule has 1 aromatic carbocycles. The Labute approximate surface area is 141 Å². The van der Waals surface area contributed by atoms with Crippen LogP contribution in [0.15, 0.2) is 41.2 Å². The first-order valence-corrected chi connectivity index (χ1v) is 8.12. The van der Waals surface area contributed by atoms with Crippen LogP contribution in [0.4, 0.5) is 0 Å². The van der Waals surface area contributed by atoms with E-state index >= 15 is 0 Å². The molecule has 0 aliphatic heterocycles. The Morgan fingerprint density at radius 2 is 1.96 bits per heavy atom. The second kappa shape index (κ2) is 8.29. The summed E-state index contributed by atoms with van der Waals surface area (Å²) in [6.07, 6.45) is 0. The van der Waals surface area contributed by atoms with Gasteiger partial charge in [0.15, 0.2) is 0 Å². The molecule has 0 N–H and O–H groups in total. The van der Waals surface area contributed by atoms with Crippen molar-refractivity contribution in [1.82, 2.24) is 14.7 Å². The Morgan fingerprint density at radius 3 is 2.62 bits per heavy atom. The van der Waals surface area contributed by atoms with E-state index in [0.717, 1.165) is 11.3 Å². The van der Waals surface area contributed by atoms with E-state index in [4.69, 9.17) is 4.74 Å². The van der Waals surface area contributed by atoms with Crippen molar-refractivity contribution in [3.63, 3.8) is 0 Å². The number of nitrogens with zero attached hydrogens (tertiary/aromatic N) is 3. The Hall–Kier alpha value is -2.63. The van der Waals surface area contributed by atoms with Crippen molar-refractivity contribution in [2.24, 2.45) is 0 Å². The summed E-state index contributed by atoms with van der Waals surface area (Å²) in [6, 6.07) is 10.6. The molecule has 128 valence electrons. The molecule has 0 aliphatic rings. The molecular weight excluding hydrogens is 306 g/mol. The standard InChI is InChI=1S/C18H23N3O3/c1-4-20(12-13-24-16-9-7-6-8-14(16)3)18(23)15-10-11-17(22)21(5-2)19-15/h6-11H,4-5,12-13H2,1-3H3. The molecule has 0 unspecified atom stereocenters. The van der Waals surface area contributed by atoms with Crippen LogP contribution in [0.3, 0.4) is 0 Å². The molecule has 6 nitrogen and oxygen atoms in total. The Morgan fingerprint density at radius 1 is 1.21 bits per heavy atom. The zero-order chi connectivity index (χ0) is 17.5. The van der Waals surface area contributed by atoms with Crippen molar-refractivity contribution in [3.8, 4) is 5.75 Å². The predicted molar refractivity (Wildman–Crippen MR) is 92.4 cm³/mol. The first-order valence-electron chi connectivity index (χ1n) is 8.12. The van der Waals surface area contributed by atoms with E-state index in [0.29, 0.717) is 26.2 Å². The largest absolute Gasteiger partial charge is 0.491 e. The summed E-state index contributed by atoms with van der Waals surface area (Å²) in [5.41, 5.74) is 1.12. The minimum atomic E-state index is -0.208. The highest BCUT2D eigenvalue weighted by Gasteiger charge is 2.16. The van der Waals surface area contributed by atoms with E-state index in [1.807, 2.05) is 45.0 Å². The first kappa shape index (κ1) is 17.7. The van der Waals surface area contributed by atoms with Crippen molar-refractivity contribution in [2.75, 3.05) is 19.7 Å². The van der Waals surface area contributed by atoms with Crippen LogP contribution >= 0.6 is 0 Å².